The Balaban J connectivity index is 2.05. The van der Waals surface area contributed by atoms with Crippen LogP contribution in [0.2, 0.25) is 0 Å². The van der Waals surface area contributed by atoms with Crippen LogP contribution in [0.25, 0.3) is 0 Å². The second-order valence-electron chi connectivity index (χ2n) is 6.26. The van der Waals surface area contributed by atoms with Gasteiger partial charge in [0, 0.05) is 13.1 Å². The summed E-state index contributed by atoms with van der Waals surface area (Å²) in [5.74, 6) is 0.0500. The first-order valence-electron chi connectivity index (χ1n) is 8.70. The van der Waals surface area contributed by atoms with E-state index in [2.05, 4.69) is 5.10 Å². The monoisotopic (exact) mass is 377 g/mol. The molecule has 1 aromatic carbocycles. The lowest BCUT2D eigenvalue weighted by molar-refractivity contribution is 0.0938. The zero-order chi connectivity index (χ0) is 18.9. The number of aryl methyl sites for hydroxylation is 1. The molecule has 0 N–H and O–H groups in total. The third kappa shape index (κ3) is 3.14. The van der Waals surface area contributed by atoms with Gasteiger partial charge in [-0.2, -0.15) is 14.1 Å². The zero-order valence-electron chi connectivity index (χ0n) is 15.2. The molecule has 2 aromatic rings. The first-order chi connectivity index (χ1) is 12.4. The maximum absolute atomic E-state index is 13.0. The van der Waals surface area contributed by atoms with Gasteiger partial charge in [-0.25, -0.2) is 8.42 Å². The quantitative estimate of drug-likeness (QED) is 0.799. The molecule has 0 bridgehead atoms. The van der Waals surface area contributed by atoms with Crippen LogP contribution < -0.4 is 4.74 Å². The number of para-hydroxylation sites is 1. The van der Waals surface area contributed by atoms with Gasteiger partial charge in [0.05, 0.1) is 23.6 Å². The highest BCUT2D eigenvalue weighted by molar-refractivity contribution is 7.89. The Kier molecular flexibility index (Phi) is 5.15. The Bertz CT molecular complexity index is 928. The molecule has 1 aliphatic rings. The summed E-state index contributed by atoms with van der Waals surface area (Å²) in [7, 11) is -3.65. The third-order valence-corrected chi connectivity index (χ3v) is 6.65. The van der Waals surface area contributed by atoms with Crippen molar-refractivity contribution in [2.75, 3.05) is 19.7 Å². The average Bonchev–Trinajstić information content (AvgIpc) is 3.24. The second-order valence-corrected chi connectivity index (χ2v) is 8.13. The van der Waals surface area contributed by atoms with Crippen molar-refractivity contribution in [3.63, 3.8) is 0 Å². The van der Waals surface area contributed by atoms with E-state index in [1.807, 2.05) is 6.92 Å². The molecule has 2 heterocycles. The number of nitrogens with zero attached hydrogens (tertiary/aromatic N) is 3. The molecular formula is C18H23N3O4S. The Morgan fingerprint density at radius 1 is 1.19 bits per heavy atom. The van der Waals surface area contributed by atoms with E-state index in [1.165, 1.54) is 4.31 Å². The van der Waals surface area contributed by atoms with Gasteiger partial charge in [-0.15, -0.1) is 0 Å². The first-order valence-corrected chi connectivity index (χ1v) is 10.1. The van der Waals surface area contributed by atoms with E-state index in [0.29, 0.717) is 42.4 Å². The molecule has 140 valence electrons. The number of rotatable bonds is 5. The number of carbonyl (C=O) groups is 1. The van der Waals surface area contributed by atoms with Gasteiger partial charge in [0.15, 0.2) is 0 Å². The van der Waals surface area contributed by atoms with Crippen LogP contribution in [0.5, 0.6) is 5.75 Å². The van der Waals surface area contributed by atoms with E-state index >= 15 is 0 Å². The van der Waals surface area contributed by atoms with E-state index < -0.39 is 15.9 Å². The van der Waals surface area contributed by atoms with Gasteiger partial charge < -0.3 is 4.74 Å². The number of ether oxygens (including phenoxy) is 1. The SMILES string of the molecule is CCOc1ccccc1C(=O)n1nc(C)c(S(=O)(=O)N2CCCC2)c1C. The fourth-order valence-corrected chi connectivity index (χ4v) is 5.17. The average molecular weight is 377 g/mol. The Morgan fingerprint density at radius 3 is 2.50 bits per heavy atom. The lowest BCUT2D eigenvalue weighted by Crippen LogP contribution is -2.29. The number of sulfonamides is 1. The van der Waals surface area contributed by atoms with Crippen molar-refractivity contribution in [3.05, 3.63) is 41.2 Å². The number of hydrogen-bond donors (Lipinski definition) is 0. The maximum atomic E-state index is 13.0. The van der Waals surface area contributed by atoms with E-state index in [1.54, 1.807) is 38.1 Å². The van der Waals surface area contributed by atoms with Gasteiger partial charge >= 0.3 is 0 Å². The Labute approximate surface area is 153 Å². The minimum atomic E-state index is -3.65. The topological polar surface area (TPSA) is 81.5 Å². The summed E-state index contributed by atoms with van der Waals surface area (Å²) >= 11 is 0. The largest absolute Gasteiger partial charge is 0.493 e. The third-order valence-electron chi connectivity index (χ3n) is 4.50. The highest BCUT2D eigenvalue weighted by Crippen LogP contribution is 2.28. The number of hydrogen-bond acceptors (Lipinski definition) is 5. The van der Waals surface area contributed by atoms with Crippen LogP contribution in [-0.2, 0) is 10.0 Å². The van der Waals surface area contributed by atoms with Gasteiger partial charge in [-0.3, -0.25) is 4.79 Å². The molecular weight excluding hydrogens is 354 g/mol. The minimum absolute atomic E-state index is 0.127. The molecule has 0 atom stereocenters. The van der Waals surface area contributed by atoms with Crippen molar-refractivity contribution >= 4 is 15.9 Å². The van der Waals surface area contributed by atoms with Crippen molar-refractivity contribution in [1.29, 1.82) is 0 Å². The van der Waals surface area contributed by atoms with E-state index in [9.17, 15) is 13.2 Å². The predicted molar refractivity (Wildman–Crippen MR) is 97.0 cm³/mol. The standard InChI is InChI=1S/C18H23N3O4S/c1-4-25-16-10-6-5-9-15(16)18(22)21-14(3)17(13(2)19-21)26(23,24)20-11-7-8-12-20/h5-6,9-10H,4,7-8,11-12H2,1-3H3. The molecule has 26 heavy (non-hydrogen) atoms. The molecule has 1 aromatic heterocycles. The summed E-state index contributed by atoms with van der Waals surface area (Å²) in [6.45, 7) is 6.51. The lowest BCUT2D eigenvalue weighted by Gasteiger charge is -2.15. The van der Waals surface area contributed by atoms with Crippen molar-refractivity contribution in [1.82, 2.24) is 14.1 Å². The van der Waals surface area contributed by atoms with Crippen molar-refractivity contribution < 1.29 is 17.9 Å². The van der Waals surface area contributed by atoms with Crippen LogP contribution >= 0.6 is 0 Å². The molecule has 8 heteroatoms. The first kappa shape index (κ1) is 18.6. The molecule has 0 unspecified atom stereocenters. The van der Waals surface area contributed by atoms with Gasteiger partial charge in [-0.1, -0.05) is 12.1 Å². The molecule has 0 saturated carbocycles. The van der Waals surface area contributed by atoms with E-state index in [-0.39, 0.29) is 4.90 Å². The summed E-state index contributed by atoms with van der Waals surface area (Å²) in [6.07, 6.45) is 1.71. The molecule has 1 saturated heterocycles. The number of carbonyl (C=O) groups excluding carboxylic acids is 1. The maximum Gasteiger partial charge on any atom is 0.282 e. The predicted octanol–water partition coefficient (Wildman–Crippen LogP) is 2.37. The lowest BCUT2D eigenvalue weighted by atomic mass is 10.2. The van der Waals surface area contributed by atoms with Gasteiger partial charge in [0.2, 0.25) is 10.0 Å². The zero-order valence-corrected chi connectivity index (χ0v) is 16.0. The summed E-state index contributed by atoms with van der Waals surface area (Å²) in [6, 6.07) is 6.89. The van der Waals surface area contributed by atoms with Gasteiger partial charge in [0.1, 0.15) is 10.6 Å². The Morgan fingerprint density at radius 2 is 1.85 bits per heavy atom. The van der Waals surface area contributed by atoms with E-state index in [0.717, 1.165) is 17.5 Å². The number of aromatic nitrogens is 2. The van der Waals surface area contributed by atoms with Gasteiger partial charge in [-0.05, 0) is 45.7 Å². The van der Waals surface area contributed by atoms with Crippen LogP contribution in [0.1, 0.15) is 41.5 Å². The highest BCUT2D eigenvalue weighted by atomic mass is 32.2. The van der Waals surface area contributed by atoms with Crippen LogP contribution in [0.3, 0.4) is 0 Å². The molecule has 0 amide bonds. The molecule has 1 fully saturated rings. The molecule has 7 nitrogen and oxygen atoms in total. The molecule has 0 radical (unpaired) electrons. The summed E-state index contributed by atoms with van der Waals surface area (Å²) in [4.78, 5) is 13.1. The molecule has 0 aliphatic carbocycles. The summed E-state index contributed by atoms with van der Waals surface area (Å²) < 4.78 is 34.1. The summed E-state index contributed by atoms with van der Waals surface area (Å²) in [5, 5.41) is 4.23. The molecule has 3 rings (SSSR count). The van der Waals surface area contributed by atoms with Crippen molar-refractivity contribution in [3.8, 4) is 5.75 Å². The highest BCUT2D eigenvalue weighted by Gasteiger charge is 2.34. The van der Waals surface area contributed by atoms with Crippen molar-refractivity contribution in [2.24, 2.45) is 0 Å². The van der Waals surface area contributed by atoms with Crippen LogP contribution in [0.4, 0.5) is 0 Å². The van der Waals surface area contributed by atoms with Crippen LogP contribution in [0.15, 0.2) is 29.2 Å². The molecule has 1 aliphatic heterocycles. The van der Waals surface area contributed by atoms with Crippen molar-refractivity contribution in [2.45, 2.75) is 38.5 Å². The van der Waals surface area contributed by atoms with Gasteiger partial charge in [0.25, 0.3) is 5.91 Å². The van der Waals surface area contributed by atoms with E-state index in [4.69, 9.17) is 4.74 Å². The normalized spacial score (nSPS) is 15.3. The second kappa shape index (κ2) is 7.20. The molecule has 0 spiro atoms. The fraction of sp³-hybridized carbons (Fsp3) is 0.444. The van der Waals surface area contributed by atoms with Crippen LogP contribution in [0, 0.1) is 13.8 Å². The number of benzene rings is 1. The van der Waals surface area contributed by atoms with Crippen LogP contribution in [-0.4, -0.2) is 48.1 Å². The minimum Gasteiger partial charge on any atom is -0.493 e. The summed E-state index contributed by atoms with van der Waals surface area (Å²) in [5.41, 5.74) is 1.01. The Hall–Kier alpha value is -2.19. The smallest absolute Gasteiger partial charge is 0.282 e. The fourth-order valence-electron chi connectivity index (χ4n) is 3.30.